The number of carbonyl (C=O) groups excluding carboxylic acids is 1. The minimum absolute atomic E-state index is 0.0572. The van der Waals surface area contributed by atoms with Crippen molar-refractivity contribution in [3.63, 3.8) is 0 Å². The molecule has 25 atom stereocenters. The van der Waals surface area contributed by atoms with Gasteiger partial charge in [0.1, 0.15) is 72.7 Å². The van der Waals surface area contributed by atoms with Crippen molar-refractivity contribution >= 4 is 5.97 Å². The van der Waals surface area contributed by atoms with Crippen LogP contribution in [0.1, 0.15) is 100 Å². The van der Waals surface area contributed by atoms with Crippen molar-refractivity contribution in [3.05, 3.63) is 22.8 Å². The van der Waals surface area contributed by atoms with E-state index in [9.17, 15) is 61.0 Å². The van der Waals surface area contributed by atoms with Crippen LogP contribution in [0.4, 0.5) is 0 Å². The first-order chi connectivity index (χ1) is 32.3. The van der Waals surface area contributed by atoms with Gasteiger partial charge in [0.15, 0.2) is 25.2 Å². The average molecular weight is 987 g/mol. The molecule has 4 aliphatic heterocycles. The predicted molar refractivity (Wildman–Crippen MR) is 238 cm³/mol. The normalized spacial score (nSPS) is 53.2. The van der Waals surface area contributed by atoms with E-state index in [0.29, 0.717) is 31.3 Å². The Morgan fingerprint density at radius 1 is 0.696 bits per heavy atom. The van der Waals surface area contributed by atoms with E-state index < -0.39 is 163 Å². The highest BCUT2D eigenvalue weighted by Crippen LogP contribution is 2.75. The molecule has 0 amide bonds. The quantitative estimate of drug-likeness (QED) is 0.0741. The largest absolute Gasteiger partial charge is 0.466 e. The van der Waals surface area contributed by atoms with Gasteiger partial charge in [0.05, 0.1) is 38.6 Å². The Balaban J connectivity index is 1.05. The van der Waals surface area contributed by atoms with Crippen LogP contribution in [0.5, 0.6) is 0 Å². The molecule has 0 aromatic heterocycles. The van der Waals surface area contributed by atoms with E-state index in [4.69, 9.17) is 37.9 Å². The van der Waals surface area contributed by atoms with Crippen LogP contribution < -0.4 is 0 Å². The molecule has 8 aliphatic rings. The number of aliphatic hydroxyl groups is 11. The van der Waals surface area contributed by atoms with Crippen LogP contribution in [-0.4, -0.2) is 199 Å². The zero-order valence-corrected chi connectivity index (χ0v) is 41.2. The fourth-order valence-electron chi connectivity index (χ4n) is 14.7. The first-order valence-electron chi connectivity index (χ1n) is 24.7. The van der Waals surface area contributed by atoms with Crippen molar-refractivity contribution in [3.8, 4) is 0 Å². The minimum atomic E-state index is -1.86. The third-order valence-electron chi connectivity index (χ3n) is 19.1. The maximum atomic E-state index is 13.1. The van der Waals surface area contributed by atoms with Gasteiger partial charge < -0.3 is 94.1 Å². The number of fused-ring (bicyclic) bond motifs is 6. The van der Waals surface area contributed by atoms with Gasteiger partial charge in [0, 0.05) is 16.9 Å². The van der Waals surface area contributed by atoms with Crippen LogP contribution in [0.25, 0.3) is 0 Å². The zero-order valence-electron chi connectivity index (χ0n) is 41.2. The van der Waals surface area contributed by atoms with E-state index in [0.717, 1.165) is 19.3 Å². The highest BCUT2D eigenvalue weighted by atomic mass is 16.8. The molecular weight excluding hydrogens is 909 g/mol. The highest BCUT2D eigenvalue weighted by Gasteiger charge is 2.75. The van der Waals surface area contributed by atoms with Gasteiger partial charge in [-0.25, -0.2) is 4.79 Å². The summed E-state index contributed by atoms with van der Waals surface area (Å²) in [5.74, 6) is -1.57. The molecule has 0 bridgehead atoms. The minimum Gasteiger partial charge on any atom is -0.466 e. The van der Waals surface area contributed by atoms with Crippen molar-refractivity contribution < 1.29 is 98.9 Å². The molecule has 11 N–H and O–H groups in total. The van der Waals surface area contributed by atoms with Gasteiger partial charge in [-0.3, -0.25) is 0 Å². The number of ether oxygens (including phenoxy) is 8. The molecule has 20 nitrogen and oxygen atoms in total. The van der Waals surface area contributed by atoms with Crippen molar-refractivity contribution in [2.45, 2.75) is 217 Å². The Labute approximate surface area is 403 Å². The van der Waals surface area contributed by atoms with Gasteiger partial charge in [-0.05, 0) is 86.9 Å². The molecular formula is C49H78O20. The molecule has 394 valence electrons. The van der Waals surface area contributed by atoms with Crippen LogP contribution in [0.15, 0.2) is 22.8 Å². The van der Waals surface area contributed by atoms with Crippen molar-refractivity contribution in [2.24, 2.45) is 39.4 Å². The lowest BCUT2D eigenvalue weighted by molar-refractivity contribution is -0.397. The number of methoxy groups -OCH3 is 1. The molecule has 0 radical (unpaired) electrons. The lowest BCUT2D eigenvalue weighted by atomic mass is 9.42. The molecule has 0 aromatic rings. The van der Waals surface area contributed by atoms with Crippen molar-refractivity contribution in [1.29, 1.82) is 0 Å². The molecule has 0 aromatic carbocycles. The van der Waals surface area contributed by atoms with Crippen molar-refractivity contribution in [2.75, 3.05) is 20.3 Å². The fourth-order valence-corrected chi connectivity index (χ4v) is 14.7. The second-order valence-corrected chi connectivity index (χ2v) is 22.7. The standard InChI is InChI=1S/C49H78O20/c1-20(40(59)62-9)16-23-21(2)49(61)30(66-41(23)60)17-47(7)25-10-11-28-45(4,5)29(13-14-46(28,6)24(25)12-15-48(47,49)8)67-43-38(35(56)32(53)26(18-50)64-43)69-44-39(36(57)33(54)27(19-51)65-44)68-42-37(58)34(55)31(52)22(3)63-42/h16,21-23,26-39,41-44,50-58,60-61H,10-15,17-19H2,1-9H3. The summed E-state index contributed by atoms with van der Waals surface area (Å²) in [4.78, 5) is 12.4. The number of rotatable bonds is 10. The summed E-state index contributed by atoms with van der Waals surface area (Å²) in [5.41, 5.74) is -0.335. The summed E-state index contributed by atoms with van der Waals surface area (Å²) in [6.07, 6.45) is -20.2. The highest BCUT2D eigenvalue weighted by molar-refractivity contribution is 5.87. The van der Waals surface area contributed by atoms with E-state index in [2.05, 4.69) is 34.6 Å². The summed E-state index contributed by atoms with van der Waals surface area (Å²) in [6, 6.07) is 0. The van der Waals surface area contributed by atoms with Gasteiger partial charge >= 0.3 is 5.97 Å². The molecule has 4 heterocycles. The Kier molecular flexibility index (Phi) is 14.9. The van der Waals surface area contributed by atoms with Gasteiger partial charge in [-0.1, -0.05) is 58.8 Å². The van der Waals surface area contributed by atoms with Crippen LogP contribution in [-0.2, 0) is 42.7 Å². The summed E-state index contributed by atoms with van der Waals surface area (Å²) in [6.45, 7) is 14.5. The Hall–Kier alpha value is -1.77. The topological polar surface area (TPSA) is 313 Å². The van der Waals surface area contributed by atoms with Gasteiger partial charge in [-0.15, -0.1) is 0 Å². The molecule has 69 heavy (non-hydrogen) atoms. The monoisotopic (exact) mass is 987 g/mol. The first kappa shape index (κ1) is 53.5. The van der Waals surface area contributed by atoms with E-state index in [1.54, 1.807) is 13.0 Å². The zero-order chi connectivity index (χ0) is 50.7. The third kappa shape index (κ3) is 8.23. The summed E-state index contributed by atoms with van der Waals surface area (Å²) in [7, 11) is 1.30. The van der Waals surface area contributed by atoms with E-state index in [1.165, 1.54) is 25.2 Å². The number of hydrogen-bond donors (Lipinski definition) is 11. The van der Waals surface area contributed by atoms with E-state index >= 15 is 0 Å². The number of allylic oxidation sites excluding steroid dienone is 2. The first-order valence-corrected chi connectivity index (χ1v) is 24.7. The molecule has 25 unspecified atom stereocenters. The van der Waals surface area contributed by atoms with Gasteiger partial charge in [0.2, 0.25) is 0 Å². The molecule has 2 saturated carbocycles. The van der Waals surface area contributed by atoms with Gasteiger partial charge in [-0.2, -0.15) is 0 Å². The Morgan fingerprint density at radius 2 is 1.28 bits per heavy atom. The average Bonchev–Trinajstić information content (AvgIpc) is 3.49. The van der Waals surface area contributed by atoms with Crippen LogP contribution in [0, 0.1) is 39.4 Å². The fraction of sp³-hybridized carbons (Fsp3) is 0.898. The SMILES string of the molecule is COC(=O)C(C)=CC1C(O)OC2CC3(C)C4=C(CCC3(C)C2(O)C1C)C1(C)CCC(OC2OC(CO)C(O)C(O)C2OC2OC(CO)C(O)C(O)C2OC2OC(C)C(O)C(O)C2O)C(C)(C)C1CC4. The molecule has 4 saturated heterocycles. The molecule has 6 fully saturated rings. The predicted octanol–water partition coefficient (Wildman–Crippen LogP) is -0.590. The number of aliphatic hydroxyl groups excluding tert-OH is 10. The lowest BCUT2D eigenvalue weighted by Gasteiger charge is -2.64. The number of carbonyl (C=O) groups is 1. The second kappa shape index (κ2) is 19.2. The molecule has 4 aliphatic carbocycles. The third-order valence-corrected chi connectivity index (χ3v) is 19.1. The van der Waals surface area contributed by atoms with E-state index in [1.807, 2.05) is 6.92 Å². The maximum Gasteiger partial charge on any atom is 0.333 e. The van der Waals surface area contributed by atoms with Crippen LogP contribution in [0.3, 0.4) is 0 Å². The molecule has 20 heteroatoms. The smallest absolute Gasteiger partial charge is 0.333 e. The lowest BCUT2D eigenvalue weighted by Crippen LogP contribution is -2.67. The summed E-state index contributed by atoms with van der Waals surface area (Å²) >= 11 is 0. The summed E-state index contributed by atoms with van der Waals surface area (Å²) < 4.78 is 48.0. The van der Waals surface area contributed by atoms with Crippen LogP contribution in [0.2, 0.25) is 0 Å². The number of esters is 1. The Morgan fingerprint density at radius 3 is 1.86 bits per heavy atom. The van der Waals surface area contributed by atoms with Crippen LogP contribution >= 0.6 is 0 Å². The number of hydrogen-bond acceptors (Lipinski definition) is 20. The maximum absolute atomic E-state index is 13.1. The summed E-state index contributed by atoms with van der Waals surface area (Å²) in [5, 5.41) is 121. The van der Waals surface area contributed by atoms with Gasteiger partial charge in [0.25, 0.3) is 0 Å². The Bertz CT molecular complexity index is 1950. The second-order valence-electron chi connectivity index (χ2n) is 22.7. The molecule has 0 spiro atoms. The van der Waals surface area contributed by atoms with Crippen molar-refractivity contribution in [1.82, 2.24) is 0 Å². The van der Waals surface area contributed by atoms with E-state index in [-0.39, 0.29) is 11.3 Å². The molecule has 8 rings (SSSR count).